The van der Waals surface area contributed by atoms with Crippen LogP contribution in [-0.4, -0.2) is 19.0 Å². The molecule has 0 fully saturated rings. The van der Waals surface area contributed by atoms with E-state index in [1.807, 2.05) is 35.1 Å². The van der Waals surface area contributed by atoms with Gasteiger partial charge in [-0.05, 0) is 12.1 Å². The summed E-state index contributed by atoms with van der Waals surface area (Å²) in [5.74, 6) is 0.415. The number of nitrogens with two attached hydrogens (primary N) is 1. The maximum atomic E-state index is 5.62. The Hall–Kier alpha value is -2.04. The first-order valence-corrected chi connectivity index (χ1v) is 3.92. The third-order valence-electron chi connectivity index (χ3n) is 2.11. The molecule has 3 heterocycles. The molecule has 3 aromatic rings. The highest BCUT2D eigenvalue weighted by molar-refractivity contribution is 5.72. The Morgan fingerprint density at radius 3 is 3.00 bits per heavy atom. The smallest absolute Gasteiger partial charge is 0.226 e. The third-order valence-corrected chi connectivity index (χ3v) is 2.11. The summed E-state index contributed by atoms with van der Waals surface area (Å²) in [7, 11) is 0. The monoisotopic (exact) mass is 173 g/mol. The molecule has 0 bridgehead atoms. The van der Waals surface area contributed by atoms with Gasteiger partial charge in [0.15, 0.2) is 5.65 Å². The van der Waals surface area contributed by atoms with E-state index in [0.717, 1.165) is 11.2 Å². The van der Waals surface area contributed by atoms with Crippen LogP contribution in [0.2, 0.25) is 0 Å². The van der Waals surface area contributed by atoms with Crippen molar-refractivity contribution < 1.29 is 0 Å². The minimum Gasteiger partial charge on any atom is -0.368 e. The lowest BCUT2D eigenvalue weighted by Crippen LogP contribution is -1.95. The zero-order valence-electron chi connectivity index (χ0n) is 6.75. The molecule has 0 spiro atoms. The fraction of sp³-hybridized carbons (Fsp3) is 0. The minimum atomic E-state index is 0.415. The molecular weight excluding hydrogens is 166 g/mol. The molecule has 0 atom stereocenters. The van der Waals surface area contributed by atoms with E-state index in [1.54, 1.807) is 4.40 Å². The number of nitrogens with zero attached hydrogens (tertiary/aromatic N) is 4. The van der Waals surface area contributed by atoms with Gasteiger partial charge in [-0.25, -0.2) is 0 Å². The number of hydrogen-bond donors (Lipinski definition) is 1. The molecule has 0 aliphatic carbocycles. The second kappa shape index (κ2) is 2.01. The second-order valence-corrected chi connectivity index (χ2v) is 2.85. The van der Waals surface area contributed by atoms with Crippen LogP contribution < -0.4 is 5.73 Å². The van der Waals surface area contributed by atoms with Gasteiger partial charge in [-0.15, -0.1) is 10.2 Å². The van der Waals surface area contributed by atoms with Crippen molar-refractivity contribution >= 4 is 17.1 Å². The SMILES string of the molecule is Nc1nnc2c3cccn3ccn12. The fourth-order valence-corrected chi connectivity index (χ4v) is 1.48. The first-order chi connectivity index (χ1) is 6.36. The quantitative estimate of drug-likeness (QED) is 0.540. The molecule has 0 unspecified atom stereocenters. The summed E-state index contributed by atoms with van der Waals surface area (Å²) < 4.78 is 3.73. The lowest BCUT2D eigenvalue weighted by atomic mass is 10.5. The Bertz CT molecular complexity index is 576. The Balaban J connectivity index is 2.66. The predicted octanol–water partition coefficient (Wildman–Crippen LogP) is 0.564. The molecule has 5 heteroatoms. The lowest BCUT2D eigenvalue weighted by molar-refractivity contribution is 1.10. The van der Waals surface area contributed by atoms with Crippen LogP contribution in [0.4, 0.5) is 5.95 Å². The van der Waals surface area contributed by atoms with E-state index < -0.39 is 0 Å². The molecular formula is C8H7N5. The van der Waals surface area contributed by atoms with Gasteiger partial charge in [0, 0.05) is 18.6 Å². The molecule has 0 aliphatic heterocycles. The Morgan fingerprint density at radius 1 is 1.15 bits per heavy atom. The Morgan fingerprint density at radius 2 is 2.08 bits per heavy atom. The molecule has 3 rings (SSSR count). The van der Waals surface area contributed by atoms with Crippen molar-refractivity contribution in [3.8, 4) is 0 Å². The normalized spacial score (nSPS) is 11.4. The molecule has 0 aliphatic rings. The van der Waals surface area contributed by atoms with Crippen LogP contribution in [0, 0.1) is 0 Å². The molecule has 0 saturated heterocycles. The highest BCUT2D eigenvalue weighted by atomic mass is 15.3. The summed E-state index contributed by atoms with van der Waals surface area (Å²) in [4.78, 5) is 0. The van der Waals surface area contributed by atoms with E-state index in [0.29, 0.717) is 5.95 Å². The summed E-state index contributed by atoms with van der Waals surface area (Å²) >= 11 is 0. The van der Waals surface area contributed by atoms with Gasteiger partial charge in [-0.2, -0.15) is 0 Å². The van der Waals surface area contributed by atoms with E-state index in [4.69, 9.17) is 5.73 Å². The van der Waals surface area contributed by atoms with Crippen LogP contribution in [0.15, 0.2) is 30.7 Å². The van der Waals surface area contributed by atoms with Crippen molar-refractivity contribution in [3.05, 3.63) is 30.7 Å². The van der Waals surface area contributed by atoms with E-state index in [9.17, 15) is 0 Å². The Kier molecular flexibility index (Phi) is 0.999. The largest absolute Gasteiger partial charge is 0.368 e. The average Bonchev–Trinajstić information content (AvgIpc) is 2.70. The first-order valence-electron chi connectivity index (χ1n) is 3.92. The summed E-state index contributed by atoms with van der Waals surface area (Å²) in [5.41, 5.74) is 7.40. The average molecular weight is 173 g/mol. The molecule has 0 radical (unpaired) electrons. The van der Waals surface area contributed by atoms with Crippen molar-refractivity contribution in [2.45, 2.75) is 0 Å². The molecule has 13 heavy (non-hydrogen) atoms. The standard InChI is InChI=1S/C8H7N5/c9-8-11-10-7-6-2-1-3-12(6)4-5-13(7)8/h1-5H,(H2,9,11). The van der Waals surface area contributed by atoms with Crippen molar-refractivity contribution in [1.29, 1.82) is 0 Å². The Labute approximate surface area is 73.4 Å². The van der Waals surface area contributed by atoms with Crippen molar-refractivity contribution in [2.24, 2.45) is 0 Å². The number of anilines is 1. The van der Waals surface area contributed by atoms with E-state index in [2.05, 4.69) is 10.2 Å². The molecule has 0 amide bonds. The number of hydrogen-bond acceptors (Lipinski definition) is 3. The number of rotatable bonds is 0. The summed E-state index contributed by atoms with van der Waals surface area (Å²) in [6, 6.07) is 3.93. The molecule has 5 nitrogen and oxygen atoms in total. The highest BCUT2D eigenvalue weighted by Gasteiger charge is 2.04. The van der Waals surface area contributed by atoms with Crippen LogP contribution in [0.3, 0.4) is 0 Å². The lowest BCUT2D eigenvalue weighted by Gasteiger charge is -1.96. The molecule has 0 saturated carbocycles. The predicted molar refractivity (Wildman–Crippen MR) is 48.4 cm³/mol. The third kappa shape index (κ3) is 0.703. The minimum absolute atomic E-state index is 0.415. The van der Waals surface area contributed by atoms with Crippen molar-refractivity contribution in [1.82, 2.24) is 19.0 Å². The van der Waals surface area contributed by atoms with E-state index in [1.165, 1.54) is 0 Å². The van der Waals surface area contributed by atoms with Gasteiger partial charge in [0.25, 0.3) is 0 Å². The van der Waals surface area contributed by atoms with Gasteiger partial charge in [-0.3, -0.25) is 4.40 Å². The zero-order chi connectivity index (χ0) is 8.84. The topological polar surface area (TPSA) is 60.6 Å². The maximum absolute atomic E-state index is 5.62. The number of nitrogen functional groups attached to an aromatic ring is 1. The van der Waals surface area contributed by atoms with Crippen LogP contribution in [0.5, 0.6) is 0 Å². The molecule has 0 aromatic carbocycles. The van der Waals surface area contributed by atoms with Gasteiger partial charge in [0.1, 0.15) is 0 Å². The van der Waals surface area contributed by atoms with E-state index in [-0.39, 0.29) is 0 Å². The van der Waals surface area contributed by atoms with Gasteiger partial charge >= 0.3 is 0 Å². The zero-order valence-corrected chi connectivity index (χ0v) is 6.75. The number of aromatic nitrogens is 4. The van der Waals surface area contributed by atoms with Gasteiger partial charge < -0.3 is 10.1 Å². The van der Waals surface area contributed by atoms with Crippen LogP contribution in [-0.2, 0) is 0 Å². The molecule has 3 aromatic heterocycles. The highest BCUT2D eigenvalue weighted by Crippen LogP contribution is 2.12. The van der Waals surface area contributed by atoms with Crippen LogP contribution in [0.25, 0.3) is 11.2 Å². The summed E-state index contributed by atoms with van der Waals surface area (Å²) in [6.45, 7) is 0. The molecule has 64 valence electrons. The van der Waals surface area contributed by atoms with Crippen LogP contribution in [0.1, 0.15) is 0 Å². The van der Waals surface area contributed by atoms with Gasteiger partial charge in [0.05, 0.1) is 5.52 Å². The van der Waals surface area contributed by atoms with Crippen molar-refractivity contribution in [3.63, 3.8) is 0 Å². The van der Waals surface area contributed by atoms with Crippen LogP contribution >= 0.6 is 0 Å². The number of fused-ring (bicyclic) bond motifs is 3. The fourth-order valence-electron chi connectivity index (χ4n) is 1.48. The second-order valence-electron chi connectivity index (χ2n) is 2.85. The van der Waals surface area contributed by atoms with Crippen molar-refractivity contribution in [2.75, 3.05) is 5.73 Å². The van der Waals surface area contributed by atoms with Gasteiger partial charge in [0.2, 0.25) is 5.95 Å². The van der Waals surface area contributed by atoms with E-state index >= 15 is 0 Å². The van der Waals surface area contributed by atoms with Gasteiger partial charge in [-0.1, -0.05) is 0 Å². The summed E-state index contributed by atoms with van der Waals surface area (Å²) in [5, 5.41) is 7.79. The maximum Gasteiger partial charge on any atom is 0.226 e. The summed E-state index contributed by atoms with van der Waals surface area (Å²) in [6.07, 6.45) is 5.72. The first kappa shape index (κ1) is 6.47. The molecule has 2 N–H and O–H groups in total.